The van der Waals surface area contributed by atoms with Gasteiger partial charge in [-0.15, -0.1) is 0 Å². The molecule has 9 heteroatoms. The van der Waals surface area contributed by atoms with Crippen molar-refractivity contribution in [1.82, 2.24) is 15.1 Å². The van der Waals surface area contributed by atoms with Crippen molar-refractivity contribution in [2.24, 2.45) is 23.7 Å². The fourth-order valence-electron chi connectivity index (χ4n) is 7.67. The molecule has 3 amide bonds. The predicted molar refractivity (Wildman–Crippen MR) is 162 cm³/mol. The number of hydrogen-bond acceptors (Lipinski definition) is 6. The minimum absolute atomic E-state index is 0.0575. The highest BCUT2D eigenvalue weighted by Crippen LogP contribution is 2.55. The molecule has 0 aromatic heterocycles. The maximum absolute atomic E-state index is 14.3. The van der Waals surface area contributed by atoms with Gasteiger partial charge in [0.25, 0.3) is 0 Å². The Morgan fingerprint density at radius 1 is 1.07 bits per heavy atom. The molecule has 3 fully saturated rings. The van der Waals surface area contributed by atoms with E-state index in [4.69, 9.17) is 9.47 Å². The Kier molecular flexibility index (Phi) is 9.28. The lowest BCUT2D eigenvalue weighted by atomic mass is 9.73. The zero-order chi connectivity index (χ0) is 30.0. The third-order valence-corrected chi connectivity index (χ3v) is 10.1. The van der Waals surface area contributed by atoms with Crippen molar-refractivity contribution in [2.75, 3.05) is 38.6 Å². The largest absolute Gasteiger partial charge is 0.497 e. The molecular weight excluding hydrogens is 532 g/mol. The highest BCUT2D eigenvalue weighted by molar-refractivity contribution is 6.02. The number of nitrogens with zero attached hydrogens (tertiary/aromatic N) is 2. The molecule has 2 N–H and O–H groups in total. The van der Waals surface area contributed by atoms with Gasteiger partial charge in [0.2, 0.25) is 17.7 Å². The molecule has 5 rings (SSSR count). The number of nitrogens with one attached hydrogen (secondary N) is 2. The predicted octanol–water partition coefficient (Wildman–Crippen LogP) is 3.85. The highest BCUT2D eigenvalue weighted by Gasteiger charge is 2.72. The number of likely N-dealkylation sites (tertiary alicyclic amines) is 1. The summed E-state index contributed by atoms with van der Waals surface area (Å²) >= 11 is 0. The maximum atomic E-state index is 14.3. The molecule has 1 aromatic rings. The molecule has 230 valence electrons. The molecule has 2 saturated heterocycles. The average Bonchev–Trinajstić information content (AvgIpc) is 3.62. The Labute approximate surface area is 250 Å². The Hall–Kier alpha value is -2.91. The molecule has 4 aliphatic rings. The van der Waals surface area contributed by atoms with Gasteiger partial charge in [-0.05, 0) is 68.5 Å². The summed E-state index contributed by atoms with van der Waals surface area (Å²) in [4.78, 5) is 46.3. The minimum Gasteiger partial charge on any atom is -0.497 e. The van der Waals surface area contributed by atoms with Crippen LogP contribution in [0, 0.1) is 23.7 Å². The van der Waals surface area contributed by atoms with Gasteiger partial charge in [0.1, 0.15) is 17.4 Å². The van der Waals surface area contributed by atoms with Crippen LogP contribution in [0.2, 0.25) is 0 Å². The topological polar surface area (TPSA) is 100 Å². The number of ether oxygens (including phenoxy) is 2. The number of methoxy groups -OCH3 is 1. The summed E-state index contributed by atoms with van der Waals surface area (Å²) in [7, 11) is 1.59. The maximum Gasteiger partial charge on any atom is 0.246 e. The van der Waals surface area contributed by atoms with Crippen molar-refractivity contribution >= 4 is 23.4 Å². The number of anilines is 1. The standard InChI is InChI=1S/C33H48N4O5/c1-6-17-36(18-7-2)19-20-37-29(31(39)35-25-10-8-9-21(3)22(25)4)33-16-15-26(42-33)27(28(33)32(37)40)30(38)34-23-11-13-24(41-5)14-12-23/h11-16,21-22,25-29H,6-10,17-20H2,1-5H3,(H,34,38)(H,35,39)/t21-,22-,25+,26-,27+,28-,29-,33-/m0/s1. The lowest BCUT2D eigenvalue weighted by Crippen LogP contribution is -2.58. The number of amides is 3. The van der Waals surface area contributed by atoms with Crippen LogP contribution in [-0.2, 0) is 19.1 Å². The molecule has 3 aliphatic heterocycles. The normalized spacial score (nSPS) is 33.2. The molecule has 0 radical (unpaired) electrons. The number of hydrogen-bond donors (Lipinski definition) is 2. The number of benzene rings is 1. The summed E-state index contributed by atoms with van der Waals surface area (Å²) in [6, 6.07) is 6.35. The molecule has 8 atom stereocenters. The minimum atomic E-state index is -1.16. The molecule has 0 unspecified atom stereocenters. The van der Waals surface area contributed by atoms with E-state index in [1.807, 2.05) is 12.2 Å². The Bertz CT molecular complexity index is 1170. The van der Waals surface area contributed by atoms with E-state index in [9.17, 15) is 14.4 Å². The van der Waals surface area contributed by atoms with Gasteiger partial charge in [0.15, 0.2) is 0 Å². The van der Waals surface area contributed by atoms with Crippen LogP contribution in [0.5, 0.6) is 5.75 Å². The van der Waals surface area contributed by atoms with E-state index in [1.165, 1.54) is 0 Å². The van der Waals surface area contributed by atoms with E-state index in [1.54, 1.807) is 36.3 Å². The molecule has 1 saturated carbocycles. The first-order valence-electron chi connectivity index (χ1n) is 15.9. The third kappa shape index (κ3) is 5.57. The number of carbonyl (C=O) groups excluding carboxylic acids is 3. The van der Waals surface area contributed by atoms with Crippen LogP contribution < -0.4 is 15.4 Å². The van der Waals surface area contributed by atoms with E-state index in [0.717, 1.165) is 45.2 Å². The molecule has 1 spiro atoms. The second-order valence-corrected chi connectivity index (χ2v) is 12.7. The second kappa shape index (κ2) is 12.8. The highest BCUT2D eigenvalue weighted by atomic mass is 16.5. The van der Waals surface area contributed by atoms with Gasteiger partial charge in [-0.1, -0.05) is 52.7 Å². The number of rotatable bonds is 12. The van der Waals surface area contributed by atoms with Crippen molar-refractivity contribution in [2.45, 2.75) is 83.6 Å². The lowest BCUT2D eigenvalue weighted by molar-refractivity contribution is -0.141. The molecule has 1 aliphatic carbocycles. The Morgan fingerprint density at radius 3 is 2.45 bits per heavy atom. The van der Waals surface area contributed by atoms with Gasteiger partial charge in [0.05, 0.1) is 25.0 Å². The summed E-state index contributed by atoms with van der Waals surface area (Å²) in [6.07, 6.45) is 8.42. The summed E-state index contributed by atoms with van der Waals surface area (Å²) in [5, 5.41) is 6.32. The molecule has 42 heavy (non-hydrogen) atoms. The Balaban J connectivity index is 1.42. The second-order valence-electron chi connectivity index (χ2n) is 12.7. The first-order chi connectivity index (χ1) is 20.2. The van der Waals surface area contributed by atoms with E-state index < -0.39 is 29.6 Å². The molecule has 3 heterocycles. The number of carbonyl (C=O) groups is 3. The quantitative estimate of drug-likeness (QED) is 0.365. The monoisotopic (exact) mass is 580 g/mol. The SMILES string of the molecule is CCCN(CCC)CCN1C(=O)[C@@H]2[C@H](C(=O)Nc3ccc(OC)cc3)[C@@H]3C=C[C@@]2(O3)[C@@H]1C(=O)N[C@@H]1CCC[C@H](C)[C@@H]1C. The van der Waals surface area contributed by atoms with Crippen LogP contribution in [0.3, 0.4) is 0 Å². The zero-order valence-corrected chi connectivity index (χ0v) is 25.8. The van der Waals surface area contributed by atoms with Gasteiger partial charge in [-0.3, -0.25) is 14.4 Å². The summed E-state index contributed by atoms with van der Waals surface area (Å²) in [5.74, 6) is -0.524. The summed E-state index contributed by atoms with van der Waals surface area (Å²) in [6.45, 7) is 11.7. The first kappa shape index (κ1) is 30.5. The van der Waals surface area contributed by atoms with Gasteiger partial charge in [0, 0.05) is 24.8 Å². The van der Waals surface area contributed by atoms with Crippen molar-refractivity contribution in [3.05, 3.63) is 36.4 Å². The smallest absolute Gasteiger partial charge is 0.246 e. The van der Waals surface area contributed by atoms with Crippen molar-refractivity contribution in [3.8, 4) is 5.75 Å². The average molecular weight is 581 g/mol. The van der Waals surface area contributed by atoms with Crippen molar-refractivity contribution in [1.29, 1.82) is 0 Å². The Morgan fingerprint density at radius 2 is 1.79 bits per heavy atom. The van der Waals surface area contributed by atoms with E-state index in [2.05, 4.69) is 43.2 Å². The third-order valence-electron chi connectivity index (χ3n) is 10.1. The van der Waals surface area contributed by atoms with Crippen LogP contribution in [-0.4, -0.2) is 84.6 Å². The van der Waals surface area contributed by atoms with E-state index in [-0.39, 0.29) is 23.8 Å². The van der Waals surface area contributed by atoms with E-state index >= 15 is 0 Å². The fourth-order valence-corrected chi connectivity index (χ4v) is 7.67. The first-order valence-corrected chi connectivity index (χ1v) is 15.9. The fraction of sp³-hybridized carbons (Fsp3) is 0.667. The van der Waals surface area contributed by atoms with Crippen LogP contribution >= 0.6 is 0 Å². The van der Waals surface area contributed by atoms with Gasteiger partial charge < -0.3 is 29.9 Å². The van der Waals surface area contributed by atoms with Crippen LogP contribution in [0.4, 0.5) is 5.69 Å². The summed E-state index contributed by atoms with van der Waals surface area (Å²) < 4.78 is 11.8. The zero-order valence-electron chi connectivity index (χ0n) is 25.8. The van der Waals surface area contributed by atoms with Crippen molar-refractivity contribution < 1.29 is 23.9 Å². The van der Waals surface area contributed by atoms with Crippen LogP contribution in [0.15, 0.2) is 36.4 Å². The number of fused-ring (bicyclic) bond motifs is 1. The summed E-state index contributed by atoms with van der Waals surface area (Å²) in [5.41, 5.74) is -0.536. The van der Waals surface area contributed by atoms with Gasteiger partial charge in [-0.25, -0.2) is 0 Å². The van der Waals surface area contributed by atoms with E-state index in [0.29, 0.717) is 36.4 Å². The van der Waals surface area contributed by atoms with Crippen molar-refractivity contribution in [3.63, 3.8) is 0 Å². The van der Waals surface area contributed by atoms with Crippen LogP contribution in [0.25, 0.3) is 0 Å². The molecule has 2 bridgehead atoms. The van der Waals surface area contributed by atoms with Crippen LogP contribution in [0.1, 0.15) is 59.8 Å². The molecule has 9 nitrogen and oxygen atoms in total. The van der Waals surface area contributed by atoms with Gasteiger partial charge in [-0.2, -0.15) is 0 Å². The lowest BCUT2D eigenvalue weighted by Gasteiger charge is -2.38. The van der Waals surface area contributed by atoms with Gasteiger partial charge >= 0.3 is 0 Å². The molecular formula is C33H48N4O5. The molecule has 1 aromatic carbocycles.